The number of rotatable bonds is 2. The summed E-state index contributed by atoms with van der Waals surface area (Å²) in [5.41, 5.74) is -0.481. The summed E-state index contributed by atoms with van der Waals surface area (Å²) in [4.78, 5) is 24.9. The largest absolute Gasteiger partial charge is 0.481 e. The third-order valence-electron chi connectivity index (χ3n) is 3.92. The first kappa shape index (κ1) is 12.4. The van der Waals surface area contributed by atoms with Crippen LogP contribution in [0.2, 0.25) is 0 Å². The van der Waals surface area contributed by atoms with Crippen LogP contribution >= 0.6 is 0 Å². The fourth-order valence-corrected chi connectivity index (χ4v) is 2.73. The molecule has 2 aliphatic heterocycles. The Bertz CT molecular complexity index is 324. The Hall–Kier alpha value is -1.10. The van der Waals surface area contributed by atoms with E-state index in [1.54, 1.807) is 4.90 Å². The highest BCUT2D eigenvalue weighted by molar-refractivity contribution is 5.87. The fourth-order valence-electron chi connectivity index (χ4n) is 2.73. The van der Waals surface area contributed by atoms with Crippen LogP contribution < -0.4 is 5.32 Å². The monoisotopic (exact) mass is 240 g/mol. The smallest absolute Gasteiger partial charge is 0.308 e. The molecule has 1 amide bonds. The number of carboxylic acids is 1. The van der Waals surface area contributed by atoms with Crippen molar-refractivity contribution < 1.29 is 14.7 Å². The number of likely N-dealkylation sites (tertiary alicyclic amines) is 1. The molecule has 2 saturated heterocycles. The maximum atomic E-state index is 12.4. The third kappa shape index (κ3) is 2.44. The average Bonchev–Trinajstić information content (AvgIpc) is 2.78. The van der Waals surface area contributed by atoms with E-state index in [9.17, 15) is 9.59 Å². The Morgan fingerprint density at radius 1 is 1.41 bits per heavy atom. The summed E-state index contributed by atoms with van der Waals surface area (Å²) in [7, 11) is 0. The lowest BCUT2D eigenvalue weighted by Crippen LogP contribution is -2.57. The van der Waals surface area contributed by atoms with E-state index in [2.05, 4.69) is 5.32 Å². The van der Waals surface area contributed by atoms with E-state index in [1.807, 2.05) is 6.92 Å². The summed E-state index contributed by atoms with van der Waals surface area (Å²) in [6.45, 7) is 3.75. The lowest BCUT2D eigenvalue weighted by Gasteiger charge is -2.36. The quantitative estimate of drug-likeness (QED) is 0.735. The van der Waals surface area contributed by atoms with Gasteiger partial charge in [-0.25, -0.2) is 0 Å². The molecule has 0 radical (unpaired) electrons. The third-order valence-corrected chi connectivity index (χ3v) is 3.92. The lowest BCUT2D eigenvalue weighted by molar-refractivity contribution is -0.142. The topological polar surface area (TPSA) is 69.6 Å². The van der Waals surface area contributed by atoms with Crippen LogP contribution in [0.5, 0.6) is 0 Å². The normalized spacial score (nSPS) is 33.7. The lowest BCUT2D eigenvalue weighted by atomic mass is 9.89. The number of hydrogen-bond acceptors (Lipinski definition) is 3. The Kier molecular flexibility index (Phi) is 3.38. The molecule has 0 aromatic carbocycles. The predicted octanol–water partition coefficient (Wildman–Crippen LogP) is 0.452. The van der Waals surface area contributed by atoms with E-state index < -0.39 is 11.5 Å². The number of nitrogens with one attached hydrogen (secondary N) is 1. The first-order valence-electron chi connectivity index (χ1n) is 6.30. The van der Waals surface area contributed by atoms with E-state index in [0.717, 1.165) is 25.8 Å². The van der Waals surface area contributed by atoms with Gasteiger partial charge in [0, 0.05) is 13.1 Å². The van der Waals surface area contributed by atoms with Gasteiger partial charge in [-0.15, -0.1) is 0 Å². The highest BCUT2D eigenvalue weighted by atomic mass is 16.4. The molecule has 2 aliphatic rings. The SMILES string of the molecule is CC1(C(=O)N2CCC(C(=O)O)C2)CCCCN1. The molecule has 0 bridgehead atoms. The van der Waals surface area contributed by atoms with E-state index in [0.29, 0.717) is 19.5 Å². The van der Waals surface area contributed by atoms with Crippen LogP contribution in [0, 0.1) is 5.92 Å². The van der Waals surface area contributed by atoms with E-state index in [4.69, 9.17) is 5.11 Å². The molecule has 2 fully saturated rings. The van der Waals surface area contributed by atoms with E-state index in [1.165, 1.54) is 0 Å². The molecule has 2 N–H and O–H groups in total. The van der Waals surface area contributed by atoms with Crippen molar-refractivity contribution in [1.29, 1.82) is 0 Å². The van der Waals surface area contributed by atoms with Crippen molar-refractivity contribution in [3.05, 3.63) is 0 Å². The standard InChI is InChI=1S/C12H20N2O3/c1-12(5-2-3-6-13-12)11(17)14-7-4-9(8-14)10(15)16/h9,13H,2-8H2,1H3,(H,15,16). The zero-order valence-corrected chi connectivity index (χ0v) is 10.2. The Morgan fingerprint density at radius 3 is 2.71 bits per heavy atom. The first-order chi connectivity index (χ1) is 8.03. The van der Waals surface area contributed by atoms with Gasteiger partial charge in [-0.3, -0.25) is 9.59 Å². The van der Waals surface area contributed by atoms with Gasteiger partial charge in [-0.2, -0.15) is 0 Å². The minimum Gasteiger partial charge on any atom is -0.481 e. The Morgan fingerprint density at radius 2 is 2.18 bits per heavy atom. The van der Waals surface area contributed by atoms with Gasteiger partial charge in [0.05, 0.1) is 11.5 Å². The van der Waals surface area contributed by atoms with Crippen molar-refractivity contribution in [2.75, 3.05) is 19.6 Å². The van der Waals surface area contributed by atoms with E-state index in [-0.39, 0.29) is 11.8 Å². The molecule has 2 heterocycles. The van der Waals surface area contributed by atoms with Gasteiger partial charge in [-0.05, 0) is 39.2 Å². The number of carbonyl (C=O) groups excluding carboxylic acids is 1. The van der Waals surface area contributed by atoms with Gasteiger partial charge >= 0.3 is 5.97 Å². The zero-order chi connectivity index (χ0) is 12.5. The maximum Gasteiger partial charge on any atom is 0.308 e. The molecule has 5 nitrogen and oxygen atoms in total. The molecular formula is C12H20N2O3. The average molecular weight is 240 g/mol. The van der Waals surface area contributed by atoms with Crippen molar-refractivity contribution in [1.82, 2.24) is 10.2 Å². The Labute approximate surface area is 101 Å². The molecule has 0 aliphatic carbocycles. The minimum atomic E-state index is -0.790. The number of nitrogens with zero attached hydrogens (tertiary/aromatic N) is 1. The number of hydrogen-bond donors (Lipinski definition) is 2. The molecule has 2 unspecified atom stereocenters. The van der Waals surface area contributed by atoms with Crippen LogP contribution in [0.3, 0.4) is 0 Å². The first-order valence-corrected chi connectivity index (χ1v) is 6.30. The molecule has 0 saturated carbocycles. The van der Waals surface area contributed by atoms with Crippen LogP contribution in [0.4, 0.5) is 0 Å². The number of carbonyl (C=O) groups is 2. The number of piperidine rings is 1. The number of amides is 1. The van der Waals surface area contributed by atoms with Gasteiger partial charge < -0.3 is 15.3 Å². The molecular weight excluding hydrogens is 220 g/mol. The minimum absolute atomic E-state index is 0.0703. The van der Waals surface area contributed by atoms with Gasteiger partial charge in [0.2, 0.25) is 5.91 Å². The summed E-state index contributed by atoms with van der Waals surface area (Å²) in [5, 5.41) is 12.2. The van der Waals surface area contributed by atoms with Crippen LogP contribution in [0.15, 0.2) is 0 Å². The van der Waals surface area contributed by atoms with Crippen molar-refractivity contribution in [3.8, 4) is 0 Å². The molecule has 96 valence electrons. The molecule has 0 aromatic heterocycles. The second-order valence-electron chi connectivity index (χ2n) is 5.29. The maximum absolute atomic E-state index is 12.4. The van der Waals surface area contributed by atoms with Gasteiger partial charge in [-0.1, -0.05) is 0 Å². The Balaban J connectivity index is 1.98. The zero-order valence-electron chi connectivity index (χ0n) is 10.2. The summed E-state index contributed by atoms with van der Waals surface area (Å²) in [6, 6.07) is 0. The molecule has 2 rings (SSSR count). The molecule has 2 atom stereocenters. The van der Waals surface area contributed by atoms with Crippen molar-refractivity contribution in [2.24, 2.45) is 5.92 Å². The molecule has 0 spiro atoms. The van der Waals surface area contributed by atoms with E-state index >= 15 is 0 Å². The second-order valence-corrected chi connectivity index (χ2v) is 5.29. The summed E-state index contributed by atoms with van der Waals surface area (Å²) in [5.74, 6) is -1.10. The van der Waals surface area contributed by atoms with Crippen molar-refractivity contribution in [3.63, 3.8) is 0 Å². The molecule has 0 aromatic rings. The van der Waals surface area contributed by atoms with Crippen molar-refractivity contribution >= 4 is 11.9 Å². The fraction of sp³-hybridized carbons (Fsp3) is 0.833. The van der Waals surface area contributed by atoms with Crippen LogP contribution in [-0.4, -0.2) is 47.1 Å². The number of aliphatic carboxylic acids is 1. The van der Waals surface area contributed by atoms with Gasteiger partial charge in [0.15, 0.2) is 0 Å². The highest BCUT2D eigenvalue weighted by Gasteiger charge is 2.41. The predicted molar refractivity (Wildman–Crippen MR) is 62.6 cm³/mol. The van der Waals surface area contributed by atoms with Gasteiger partial charge in [0.25, 0.3) is 0 Å². The molecule has 17 heavy (non-hydrogen) atoms. The second kappa shape index (κ2) is 4.64. The van der Waals surface area contributed by atoms with Crippen LogP contribution in [0.1, 0.15) is 32.6 Å². The van der Waals surface area contributed by atoms with Crippen LogP contribution in [0.25, 0.3) is 0 Å². The summed E-state index contributed by atoms with van der Waals surface area (Å²) >= 11 is 0. The van der Waals surface area contributed by atoms with Gasteiger partial charge in [0.1, 0.15) is 0 Å². The number of carboxylic acid groups (broad SMARTS) is 1. The summed E-state index contributed by atoms with van der Waals surface area (Å²) < 4.78 is 0. The van der Waals surface area contributed by atoms with Crippen LogP contribution in [-0.2, 0) is 9.59 Å². The van der Waals surface area contributed by atoms with Crippen molar-refractivity contribution in [2.45, 2.75) is 38.1 Å². The summed E-state index contributed by atoms with van der Waals surface area (Å²) in [6.07, 6.45) is 3.60. The molecule has 5 heteroatoms. The highest BCUT2D eigenvalue weighted by Crippen LogP contribution is 2.25.